The van der Waals surface area contributed by atoms with E-state index in [1.165, 1.54) is 0 Å². The molecule has 3 rings (SSSR count). The number of nitrogens with zero attached hydrogens (tertiary/aromatic N) is 2. The zero-order valence-electron chi connectivity index (χ0n) is 15.1. The molecule has 0 saturated heterocycles. The lowest BCUT2D eigenvalue weighted by Crippen LogP contribution is -2.31. The maximum atomic E-state index is 12.2. The zero-order chi connectivity index (χ0) is 18.5. The van der Waals surface area contributed by atoms with Crippen LogP contribution >= 0.6 is 0 Å². The number of aromatic nitrogens is 2. The van der Waals surface area contributed by atoms with Crippen LogP contribution in [0, 0.1) is 6.92 Å². The number of benzene rings is 2. The van der Waals surface area contributed by atoms with Crippen molar-refractivity contribution in [3.63, 3.8) is 0 Å². The summed E-state index contributed by atoms with van der Waals surface area (Å²) in [5, 5.41) is 5.64. The molecular weight excluding hydrogens is 332 g/mol. The topological polar surface area (TPSA) is 77.4 Å². The molecule has 26 heavy (non-hydrogen) atoms. The van der Waals surface area contributed by atoms with Crippen LogP contribution in [-0.4, -0.2) is 36.3 Å². The molecule has 0 spiro atoms. The van der Waals surface area contributed by atoms with Gasteiger partial charge in [0.15, 0.2) is 0 Å². The third-order valence-corrected chi connectivity index (χ3v) is 4.12. The number of hydrogen-bond acceptors (Lipinski definition) is 4. The summed E-state index contributed by atoms with van der Waals surface area (Å²) in [6, 6.07) is 12.9. The van der Waals surface area contributed by atoms with Gasteiger partial charge in [0.1, 0.15) is 17.3 Å². The molecule has 0 bridgehead atoms. The van der Waals surface area contributed by atoms with Crippen molar-refractivity contribution in [2.24, 2.45) is 0 Å². The number of nitrogens with one attached hydrogen (secondary N) is 2. The summed E-state index contributed by atoms with van der Waals surface area (Å²) in [4.78, 5) is 16.7. The van der Waals surface area contributed by atoms with E-state index >= 15 is 0 Å². The molecule has 0 aliphatic carbocycles. The number of para-hydroxylation sites is 2. The second-order valence-corrected chi connectivity index (χ2v) is 5.75. The Morgan fingerprint density at radius 2 is 1.96 bits per heavy atom. The van der Waals surface area contributed by atoms with Gasteiger partial charge in [-0.2, -0.15) is 0 Å². The maximum absolute atomic E-state index is 12.2. The van der Waals surface area contributed by atoms with Gasteiger partial charge in [0.05, 0.1) is 30.9 Å². The first-order valence-electron chi connectivity index (χ1n) is 8.31. The number of rotatable bonds is 6. The van der Waals surface area contributed by atoms with E-state index in [1.807, 2.05) is 31.2 Å². The molecule has 0 atom stereocenters. The number of fused-ring (bicyclic) bond motifs is 1. The van der Waals surface area contributed by atoms with Gasteiger partial charge < -0.3 is 24.7 Å². The largest absolute Gasteiger partial charge is 0.497 e. The number of urea groups is 1. The quantitative estimate of drug-likeness (QED) is 0.713. The first-order chi connectivity index (χ1) is 12.6. The highest BCUT2D eigenvalue weighted by atomic mass is 16.5. The monoisotopic (exact) mass is 354 g/mol. The van der Waals surface area contributed by atoms with Crippen molar-refractivity contribution in [1.82, 2.24) is 14.9 Å². The second kappa shape index (κ2) is 7.77. The van der Waals surface area contributed by atoms with Gasteiger partial charge in [-0.05, 0) is 31.2 Å². The van der Waals surface area contributed by atoms with Crippen molar-refractivity contribution in [3.05, 3.63) is 48.3 Å². The molecule has 0 aliphatic rings. The van der Waals surface area contributed by atoms with Crippen LogP contribution < -0.4 is 20.1 Å². The number of amides is 2. The smallest absolute Gasteiger partial charge is 0.319 e. The Hall–Kier alpha value is -3.22. The fourth-order valence-electron chi connectivity index (χ4n) is 2.84. The molecule has 7 nitrogen and oxygen atoms in total. The summed E-state index contributed by atoms with van der Waals surface area (Å²) < 4.78 is 12.5. The molecule has 1 aromatic heterocycles. The predicted molar refractivity (Wildman–Crippen MR) is 101 cm³/mol. The van der Waals surface area contributed by atoms with Crippen LogP contribution in [0.15, 0.2) is 42.5 Å². The molecule has 0 unspecified atom stereocenters. The van der Waals surface area contributed by atoms with E-state index in [9.17, 15) is 4.79 Å². The molecule has 3 aromatic rings. The highest BCUT2D eigenvalue weighted by molar-refractivity contribution is 5.91. The highest BCUT2D eigenvalue weighted by Gasteiger charge is 2.10. The average molecular weight is 354 g/mol. The van der Waals surface area contributed by atoms with Gasteiger partial charge in [-0.15, -0.1) is 0 Å². The van der Waals surface area contributed by atoms with Gasteiger partial charge in [-0.1, -0.05) is 12.1 Å². The van der Waals surface area contributed by atoms with E-state index in [0.717, 1.165) is 16.9 Å². The van der Waals surface area contributed by atoms with Crippen molar-refractivity contribution >= 4 is 22.8 Å². The first-order valence-corrected chi connectivity index (χ1v) is 8.31. The Balaban J connectivity index is 1.62. The number of ether oxygens (including phenoxy) is 2. The summed E-state index contributed by atoms with van der Waals surface area (Å²) in [5.74, 6) is 2.13. The molecule has 136 valence electrons. The Bertz CT molecular complexity index is 920. The number of imidazole rings is 1. The van der Waals surface area contributed by atoms with Crippen molar-refractivity contribution in [1.29, 1.82) is 0 Å². The van der Waals surface area contributed by atoms with Crippen molar-refractivity contribution in [2.75, 3.05) is 26.1 Å². The second-order valence-electron chi connectivity index (χ2n) is 5.75. The summed E-state index contributed by atoms with van der Waals surface area (Å²) in [6.45, 7) is 3.06. The third kappa shape index (κ3) is 3.72. The lowest BCUT2D eigenvalue weighted by molar-refractivity contribution is 0.251. The van der Waals surface area contributed by atoms with Crippen LogP contribution in [0.5, 0.6) is 11.5 Å². The Morgan fingerprint density at radius 1 is 1.15 bits per heavy atom. The summed E-state index contributed by atoms with van der Waals surface area (Å²) >= 11 is 0. The van der Waals surface area contributed by atoms with Crippen LogP contribution in [-0.2, 0) is 6.54 Å². The minimum absolute atomic E-state index is 0.307. The van der Waals surface area contributed by atoms with Gasteiger partial charge in [-0.3, -0.25) is 0 Å². The van der Waals surface area contributed by atoms with Gasteiger partial charge in [-0.25, -0.2) is 9.78 Å². The van der Waals surface area contributed by atoms with Crippen LogP contribution in [0.25, 0.3) is 11.0 Å². The van der Waals surface area contributed by atoms with E-state index in [4.69, 9.17) is 9.47 Å². The average Bonchev–Trinajstić information content (AvgIpc) is 2.97. The number of carbonyl (C=O) groups is 1. The Morgan fingerprint density at radius 3 is 2.73 bits per heavy atom. The zero-order valence-corrected chi connectivity index (χ0v) is 15.1. The van der Waals surface area contributed by atoms with E-state index in [1.54, 1.807) is 32.4 Å². The number of aryl methyl sites for hydroxylation is 1. The summed E-state index contributed by atoms with van der Waals surface area (Å²) in [6.07, 6.45) is 0. The van der Waals surface area contributed by atoms with Crippen molar-refractivity contribution in [2.45, 2.75) is 13.5 Å². The molecule has 7 heteroatoms. The lowest BCUT2D eigenvalue weighted by atomic mass is 10.2. The minimum atomic E-state index is -0.307. The molecule has 0 saturated carbocycles. The molecule has 2 N–H and O–H groups in total. The minimum Gasteiger partial charge on any atom is -0.497 e. The molecule has 2 aromatic carbocycles. The molecule has 0 radical (unpaired) electrons. The lowest BCUT2D eigenvalue weighted by Gasteiger charge is -2.13. The Kier molecular flexibility index (Phi) is 5.26. The Labute approximate surface area is 151 Å². The van der Waals surface area contributed by atoms with E-state index in [2.05, 4.69) is 20.2 Å². The fraction of sp³-hybridized carbons (Fsp3) is 0.263. The van der Waals surface area contributed by atoms with Gasteiger partial charge >= 0.3 is 6.03 Å². The molecular formula is C19H22N4O3. The third-order valence-electron chi connectivity index (χ3n) is 4.12. The van der Waals surface area contributed by atoms with E-state index in [0.29, 0.717) is 30.3 Å². The van der Waals surface area contributed by atoms with Gasteiger partial charge in [0, 0.05) is 19.2 Å². The number of methoxy groups -OCH3 is 2. The predicted octanol–water partition coefficient (Wildman–Crippen LogP) is 3.18. The summed E-state index contributed by atoms with van der Waals surface area (Å²) in [7, 11) is 3.13. The number of carbonyl (C=O) groups excluding carboxylic acids is 1. The molecule has 0 fully saturated rings. The number of anilines is 1. The fourth-order valence-corrected chi connectivity index (χ4v) is 2.84. The van der Waals surface area contributed by atoms with E-state index in [-0.39, 0.29) is 6.03 Å². The molecule has 0 aliphatic heterocycles. The maximum Gasteiger partial charge on any atom is 0.319 e. The molecule has 1 heterocycles. The summed E-state index contributed by atoms with van der Waals surface area (Å²) in [5.41, 5.74) is 2.56. The van der Waals surface area contributed by atoms with Crippen molar-refractivity contribution < 1.29 is 14.3 Å². The van der Waals surface area contributed by atoms with Crippen LogP contribution in [0.3, 0.4) is 0 Å². The number of hydrogen-bond donors (Lipinski definition) is 2. The SMILES string of the molecule is COc1ccc(OC)c(NC(=O)NCCn2c(C)nc3ccccc32)c1. The first kappa shape index (κ1) is 17.6. The van der Waals surface area contributed by atoms with Gasteiger partial charge in [0.25, 0.3) is 0 Å². The van der Waals surface area contributed by atoms with Crippen LogP contribution in [0.4, 0.5) is 10.5 Å². The van der Waals surface area contributed by atoms with Crippen LogP contribution in [0.2, 0.25) is 0 Å². The normalized spacial score (nSPS) is 10.6. The van der Waals surface area contributed by atoms with Crippen LogP contribution in [0.1, 0.15) is 5.82 Å². The highest BCUT2D eigenvalue weighted by Crippen LogP contribution is 2.28. The molecule has 2 amide bonds. The standard InChI is InChI=1S/C19H22N4O3/c1-13-21-15-6-4-5-7-17(15)23(13)11-10-20-19(24)22-16-12-14(25-2)8-9-18(16)26-3/h4-9,12H,10-11H2,1-3H3,(H2,20,22,24). The van der Waals surface area contributed by atoms with Gasteiger partial charge in [0.2, 0.25) is 0 Å². The van der Waals surface area contributed by atoms with Crippen molar-refractivity contribution in [3.8, 4) is 11.5 Å². The van der Waals surface area contributed by atoms with E-state index < -0.39 is 0 Å².